The van der Waals surface area contributed by atoms with Crippen LogP contribution in [-0.4, -0.2) is 79.7 Å². The zero-order valence-electron chi connectivity index (χ0n) is 21.6. The lowest BCUT2D eigenvalue weighted by Gasteiger charge is -2.39. The summed E-state index contributed by atoms with van der Waals surface area (Å²) in [6.07, 6.45) is 4.26. The lowest BCUT2D eigenvalue weighted by Crippen LogP contribution is -2.49. The van der Waals surface area contributed by atoms with Crippen LogP contribution in [0, 0.1) is 11.3 Å². The van der Waals surface area contributed by atoms with Crippen LogP contribution in [0.15, 0.2) is 30.9 Å². The lowest BCUT2D eigenvalue weighted by molar-refractivity contribution is -0.126. The second kappa shape index (κ2) is 11.4. The predicted molar refractivity (Wildman–Crippen MR) is 150 cm³/mol. The van der Waals surface area contributed by atoms with E-state index in [0.717, 1.165) is 42.0 Å². The molecule has 1 atom stereocenters. The first-order valence-corrected chi connectivity index (χ1v) is 13.8. The van der Waals surface area contributed by atoms with Crippen molar-refractivity contribution in [2.45, 2.75) is 31.8 Å². The van der Waals surface area contributed by atoms with Gasteiger partial charge in [-0.05, 0) is 51.1 Å². The molecule has 4 heterocycles. The molecular weight excluding hydrogens is 523 g/mol. The fourth-order valence-electron chi connectivity index (χ4n) is 5.68. The van der Waals surface area contributed by atoms with Crippen LogP contribution < -0.4 is 14.5 Å². The van der Waals surface area contributed by atoms with E-state index in [2.05, 4.69) is 34.4 Å². The highest BCUT2D eigenvalue weighted by atomic mass is 35.5. The monoisotopic (exact) mass is 554 g/mol. The number of likely N-dealkylation sites (tertiary alicyclic amines) is 1. The third-order valence-electron chi connectivity index (χ3n) is 7.84. The fourth-order valence-corrected chi connectivity index (χ4v) is 6.09. The van der Waals surface area contributed by atoms with Gasteiger partial charge in [-0.2, -0.15) is 5.26 Å². The van der Waals surface area contributed by atoms with Crippen molar-refractivity contribution in [1.82, 2.24) is 14.8 Å². The fraction of sp³-hybridized carbons (Fsp3) is 0.464. The van der Waals surface area contributed by atoms with Gasteiger partial charge in [0, 0.05) is 44.3 Å². The van der Waals surface area contributed by atoms with Crippen molar-refractivity contribution in [1.29, 1.82) is 5.26 Å². The summed E-state index contributed by atoms with van der Waals surface area (Å²) < 4.78 is 6.30. The van der Waals surface area contributed by atoms with Crippen LogP contribution in [0.3, 0.4) is 0 Å². The summed E-state index contributed by atoms with van der Waals surface area (Å²) in [4.78, 5) is 25.6. The number of carbonyl (C=O) groups is 1. The average molecular weight is 556 g/mol. The molecule has 1 amide bonds. The first kappa shape index (κ1) is 26.6. The Labute approximate surface area is 234 Å². The molecule has 2 fully saturated rings. The number of piperazine rings is 1. The normalized spacial score (nSPS) is 19.7. The number of benzene rings is 1. The SMILES string of the molecule is C=CC(=O)N1CCN(c2c(C#N)c(OC[C@@H]3CCCN3C)nc3c2CCN(c2cccc(Cl)c2Cl)C3)CC1. The highest BCUT2D eigenvalue weighted by Gasteiger charge is 2.32. The van der Waals surface area contributed by atoms with E-state index >= 15 is 0 Å². The minimum Gasteiger partial charge on any atom is -0.475 e. The van der Waals surface area contributed by atoms with Crippen molar-refractivity contribution < 1.29 is 9.53 Å². The van der Waals surface area contributed by atoms with E-state index in [4.69, 9.17) is 32.9 Å². The molecule has 3 aliphatic heterocycles. The number of nitrogens with zero attached hydrogens (tertiary/aromatic N) is 6. The van der Waals surface area contributed by atoms with Crippen LogP contribution >= 0.6 is 23.2 Å². The molecule has 1 aromatic carbocycles. The van der Waals surface area contributed by atoms with Gasteiger partial charge >= 0.3 is 0 Å². The minimum absolute atomic E-state index is 0.0688. The Morgan fingerprint density at radius 3 is 2.68 bits per heavy atom. The van der Waals surface area contributed by atoms with Crippen LogP contribution in [0.4, 0.5) is 11.4 Å². The largest absolute Gasteiger partial charge is 0.475 e. The van der Waals surface area contributed by atoms with E-state index in [-0.39, 0.29) is 5.91 Å². The molecule has 0 N–H and O–H groups in total. The molecule has 0 saturated carbocycles. The Balaban J connectivity index is 1.50. The summed E-state index contributed by atoms with van der Waals surface area (Å²) in [7, 11) is 2.11. The molecule has 38 heavy (non-hydrogen) atoms. The number of hydrogen-bond donors (Lipinski definition) is 0. The molecule has 200 valence electrons. The molecule has 0 radical (unpaired) electrons. The first-order chi connectivity index (χ1) is 18.4. The van der Waals surface area contributed by atoms with Gasteiger partial charge in [-0.15, -0.1) is 0 Å². The van der Waals surface area contributed by atoms with Gasteiger partial charge in [-0.3, -0.25) is 4.79 Å². The van der Waals surface area contributed by atoms with Gasteiger partial charge in [0.25, 0.3) is 0 Å². The summed E-state index contributed by atoms with van der Waals surface area (Å²) in [5.41, 5.74) is 4.16. The Kier molecular flexibility index (Phi) is 7.98. The number of ether oxygens (including phenoxy) is 1. The second-order valence-electron chi connectivity index (χ2n) is 10.0. The number of aromatic nitrogens is 1. The molecule has 0 bridgehead atoms. The third-order valence-corrected chi connectivity index (χ3v) is 8.65. The van der Waals surface area contributed by atoms with Gasteiger partial charge < -0.3 is 24.3 Å². The zero-order chi connectivity index (χ0) is 26.8. The number of pyridine rings is 1. The number of halogens is 2. The molecule has 0 unspecified atom stereocenters. The third kappa shape index (κ3) is 5.15. The minimum atomic E-state index is -0.0688. The number of carbonyl (C=O) groups excluding carboxylic acids is 1. The van der Waals surface area contributed by atoms with Gasteiger partial charge in [-0.1, -0.05) is 35.8 Å². The summed E-state index contributed by atoms with van der Waals surface area (Å²) in [5, 5.41) is 11.4. The van der Waals surface area contributed by atoms with Crippen molar-refractivity contribution in [3.8, 4) is 11.9 Å². The number of rotatable bonds is 6. The standard InChI is InChI=1S/C28H32Cl2N6O2/c1-3-25(37)34-12-14-35(15-13-34)27-20-9-11-36(24-8-4-7-22(29)26(24)30)17-23(20)32-28(21(27)16-31)38-18-19-6-5-10-33(19)2/h3-4,7-8,19H,1,5-6,9-15,17-18H2,2H3/t19-/m0/s1. The number of hydrogen-bond acceptors (Lipinski definition) is 7. The van der Waals surface area contributed by atoms with Crippen molar-refractivity contribution in [2.24, 2.45) is 0 Å². The Morgan fingerprint density at radius 1 is 1.21 bits per heavy atom. The van der Waals surface area contributed by atoms with Gasteiger partial charge in [0.1, 0.15) is 18.2 Å². The number of likely N-dealkylation sites (N-methyl/N-ethyl adjacent to an activating group) is 1. The smallest absolute Gasteiger partial charge is 0.246 e. The Morgan fingerprint density at radius 2 is 2.00 bits per heavy atom. The highest BCUT2D eigenvalue weighted by Crippen LogP contribution is 2.40. The van der Waals surface area contributed by atoms with E-state index in [1.165, 1.54) is 6.08 Å². The maximum absolute atomic E-state index is 12.2. The van der Waals surface area contributed by atoms with Crippen LogP contribution in [0.2, 0.25) is 10.0 Å². The maximum Gasteiger partial charge on any atom is 0.246 e. The number of nitriles is 1. The van der Waals surface area contributed by atoms with Crippen LogP contribution in [0.25, 0.3) is 0 Å². The van der Waals surface area contributed by atoms with Crippen molar-refractivity contribution in [3.05, 3.63) is 57.7 Å². The molecule has 1 aromatic heterocycles. The molecule has 10 heteroatoms. The van der Waals surface area contributed by atoms with Crippen LogP contribution in [-0.2, 0) is 17.8 Å². The summed E-state index contributed by atoms with van der Waals surface area (Å²) in [5.74, 6) is 0.311. The second-order valence-corrected chi connectivity index (χ2v) is 10.8. The van der Waals surface area contributed by atoms with Gasteiger partial charge in [0.15, 0.2) is 0 Å². The summed E-state index contributed by atoms with van der Waals surface area (Å²) in [6.45, 7) is 8.78. The van der Waals surface area contributed by atoms with E-state index < -0.39 is 0 Å². The molecule has 2 saturated heterocycles. The Hall–Kier alpha value is -2.99. The van der Waals surface area contributed by atoms with Crippen LogP contribution in [0.1, 0.15) is 29.7 Å². The van der Waals surface area contributed by atoms with E-state index in [0.29, 0.717) is 79.8 Å². The zero-order valence-corrected chi connectivity index (χ0v) is 23.1. The predicted octanol–water partition coefficient (Wildman–Crippen LogP) is 4.13. The first-order valence-electron chi connectivity index (χ1n) is 13.1. The van der Waals surface area contributed by atoms with Gasteiger partial charge in [0.05, 0.1) is 33.7 Å². The molecule has 0 aliphatic carbocycles. The van der Waals surface area contributed by atoms with E-state index in [1.807, 2.05) is 12.1 Å². The quantitative estimate of drug-likeness (QED) is 0.497. The summed E-state index contributed by atoms with van der Waals surface area (Å²) in [6, 6.07) is 8.36. The van der Waals surface area contributed by atoms with E-state index in [9.17, 15) is 10.1 Å². The van der Waals surface area contributed by atoms with Crippen molar-refractivity contribution in [2.75, 3.05) is 62.7 Å². The number of fused-ring (bicyclic) bond motifs is 1. The Bertz CT molecular complexity index is 1270. The van der Waals surface area contributed by atoms with Crippen molar-refractivity contribution in [3.63, 3.8) is 0 Å². The molecule has 8 nitrogen and oxygen atoms in total. The van der Waals surface area contributed by atoms with Gasteiger partial charge in [-0.25, -0.2) is 4.98 Å². The maximum atomic E-state index is 12.2. The topological polar surface area (TPSA) is 75.9 Å². The van der Waals surface area contributed by atoms with Gasteiger partial charge in [0.2, 0.25) is 11.8 Å². The molecule has 5 rings (SSSR count). The lowest BCUT2D eigenvalue weighted by atomic mass is 9.97. The molecule has 3 aliphatic rings. The van der Waals surface area contributed by atoms with E-state index in [1.54, 1.807) is 11.0 Å². The molecular formula is C28H32Cl2N6O2. The van der Waals surface area contributed by atoms with Crippen LogP contribution in [0.5, 0.6) is 5.88 Å². The number of anilines is 2. The highest BCUT2D eigenvalue weighted by molar-refractivity contribution is 6.43. The summed E-state index contributed by atoms with van der Waals surface area (Å²) >= 11 is 12.9. The average Bonchev–Trinajstić information content (AvgIpc) is 3.36. The van der Waals surface area contributed by atoms with Crippen molar-refractivity contribution >= 4 is 40.5 Å². The molecule has 0 spiro atoms. The number of amides is 1. The molecule has 2 aromatic rings.